The lowest BCUT2D eigenvalue weighted by Gasteiger charge is -2.10. The third kappa shape index (κ3) is 5.02. The smallest absolute Gasteiger partial charge is 0.315 e. The second-order valence-corrected chi connectivity index (χ2v) is 4.11. The Kier molecular flexibility index (Phi) is 7.38. The monoisotopic (exact) mass is 283 g/mol. The van der Waals surface area contributed by atoms with Gasteiger partial charge in [-0.05, 0) is 25.5 Å². The van der Waals surface area contributed by atoms with E-state index in [0.717, 1.165) is 0 Å². The largest absolute Gasteiger partial charge is 0.394 e. The number of nitrogens with zero attached hydrogens (tertiary/aromatic N) is 1. The zero-order valence-corrected chi connectivity index (χ0v) is 11.6. The van der Waals surface area contributed by atoms with E-state index < -0.39 is 0 Å². The van der Waals surface area contributed by atoms with Crippen LogP contribution in [-0.4, -0.2) is 42.9 Å². The summed E-state index contributed by atoms with van der Waals surface area (Å²) in [5.41, 5.74) is 1.07. The summed E-state index contributed by atoms with van der Waals surface area (Å²) in [5.74, 6) is 0. The highest BCUT2D eigenvalue weighted by molar-refractivity contribution is 5.76. The van der Waals surface area contributed by atoms with Crippen molar-refractivity contribution in [1.82, 2.24) is 0 Å². The number of hydrogen-bond acceptors (Lipinski definition) is 6. The van der Waals surface area contributed by atoms with E-state index in [9.17, 15) is 10.1 Å². The van der Waals surface area contributed by atoms with Gasteiger partial charge in [0.15, 0.2) is 0 Å². The van der Waals surface area contributed by atoms with Gasteiger partial charge in [-0.25, -0.2) is 0 Å². The summed E-state index contributed by atoms with van der Waals surface area (Å²) in [6, 6.07) is 5.15. The molecule has 0 radical (unpaired) electrons. The molecule has 0 heterocycles. The Morgan fingerprint density at radius 3 is 2.60 bits per heavy atom. The first-order valence-corrected chi connectivity index (χ1v) is 6.64. The van der Waals surface area contributed by atoms with Gasteiger partial charge in [-0.15, -0.1) is 0 Å². The van der Waals surface area contributed by atoms with E-state index >= 15 is 0 Å². The maximum atomic E-state index is 11.2. The molecule has 0 spiro atoms. The van der Waals surface area contributed by atoms with Crippen LogP contribution in [0.2, 0.25) is 0 Å². The Labute approximate surface area is 118 Å². The zero-order valence-electron chi connectivity index (χ0n) is 11.6. The molecule has 7 heteroatoms. The third-order valence-electron chi connectivity index (χ3n) is 2.60. The summed E-state index contributed by atoms with van der Waals surface area (Å²) >= 11 is 0. The van der Waals surface area contributed by atoms with Crippen LogP contribution in [0, 0.1) is 10.1 Å². The third-order valence-corrected chi connectivity index (χ3v) is 2.60. The summed E-state index contributed by atoms with van der Waals surface area (Å²) in [5, 5.41) is 25.7. The molecule has 0 amide bonds. The van der Waals surface area contributed by atoms with E-state index in [1.165, 1.54) is 0 Å². The molecule has 0 aliphatic carbocycles. The van der Waals surface area contributed by atoms with Gasteiger partial charge in [0.1, 0.15) is 11.4 Å². The summed E-state index contributed by atoms with van der Waals surface area (Å²) in [6.07, 6.45) is 0.711. The highest BCUT2D eigenvalue weighted by atomic mass is 16.6. The normalized spacial score (nSPS) is 10.3. The fourth-order valence-corrected chi connectivity index (χ4v) is 1.78. The van der Waals surface area contributed by atoms with Crippen LogP contribution >= 0.6 is 0 Å². The highest BCUT2D eigenvalue weighted by Crippen LogP contribution is 2.32. The molecule has 0 aliphatic rings. The predicted molar refractivity (Wildman–Crippen MR) is 78.3 cm³/mol. The van der Waals surface area contributed by atoms with Crippen molar-refractivity contribution in [2.24, 2.45) is 0 Å². The fraction of sp³-hybridized carbons (Fsp3) is 0.538. The van der Waals surface area contributed by atoms with Crippen molar-refractivity contribution >= 4 is 17.1 Å². The van der Waals surface area contributed by atoms with E-state index in [4.69, 9.17) is 9.84 Å². The Bertz CT molecular complexity index is 426. The van der Waals surface area contributed by atoms with Gasteiger partial charge in [0, 0.05) is 19.7 Å². The summed E-state index contributed by atoms with van der Waals surface area (Å²) in [7, 11) is 0. The molecule has 20 heavy (non-hydrogen) atoms. The van der Waals surface area contributed by atoms with Crippen molar-refractivity contribution in [2.75, 3.05) is 43.5 Å². The van der Waals surface area contributed by atoms with E-state index in [2.05, 4.69) is 10.6 Å². The van der Waals surface area contributed by atoms with E-state index in [-0.39, 0.29) is 17.2 Å². The maximum absolute atomic E-state index is 11.2. The first-order chi connectivity index (χ1) is 9.70. The van der Waals surface area contributed by atoms with Crippen LogP contribution in [0.5, 0.6) is 0 Å². The molecule has 1 aromatic rings. The van der Waals surface area contributed by atoms with E-state index in [1.807, 2.05) is 6.92 Å². The number of nitro benzene ring substituents is 1. The second-order valence-electron chi connectivity index (χ2n) is 4.11. The SMILES string of the molecule is CCNc1cccc(NCCCOCCO)c1[N+](=O)[O-]. The van der Waals surface area contributed by atoms with Crippen LogP contribution in [0.4, 0.5) is 17.1 Å². The van der Waals surface area contributed by atoms with Crippen LogP contribution in [0.1, 0.15) is 13.3 Å². The zero-order chi connectivity index (χ0) is 14.8. The Hall–Kier alpha value is -1.86. The number of rotatable bonds is 10. The van der Waals surface area contributed by atoms with Crippen molar-refractivity contribution in [1.29, 1.82) is 0 Å². The Balaban J connectivity index is 2.60. The van der Waals surface area contributed by atoms with Crippen molar-refractivity contribution < 1.29 is 14.8 Å². The van der Waals surface area contributed by atoms with E-state index in [0.29, 0.717) is 44.1 Å². The molecule has 0 fully saturated rings. The number of benzene rings is 1. The molecule has 1 rings (SSSR count). The van der Waals surface area contributed by atoms with Crippen LogP contribution < -0.4 is 10.6 Å². The minimum Gasteiger partial charge on any atom is -0.394 e. The predicted octanol–water partition coefficient (Wildman–Crippen LogP) is 1.84. The molecule has 112 valence electrons. The average molecular weight is 283 g/mol. The minimum atomic E-state index is -0.386. The quantitative estimate of drug-likeness (QED) is 0.344. The lowest BCUT2D eigenvalue weighted by Crippen LogP contribution is -2.10. The van der Waals surface area contributed by atoms with Crippen molar-refractivity contribution in [2.45, 2.75) is 13.3 Å². The van der Waals surface area contributed by atoms with Crippen LogP contribution in [-0.2, 0) is 4.74 Å². The molecule has 0 atom stereocenters. The summed E-state index contributed by atoms with van der Waals surface area (Å²) in [6.45, 7) is 3.91. The molecular weight excluding hydrogens is 262 g/mol. The maximum Gasteiger partial charge on any atom is 0.315 e. The molecule has 0 saturated carbocycles. The van der Waals surface area contributed by atoms with Gasteiger partial charge in [-0.2, -0.15) is 0 Å². The average Bonchev–Trinajstić information content (AvgIpc) is 2.43. The molecule has 0 saturated heterocycles. The highest BCUT2D eigenvalue weighted by Gasteiger charge is 2.18. The minimum absolute atomic E-state index is 0.00360. The van der Waals surface area contributed by atoms with Crippen LogP contribution in [0.3, 0.4) is 0 Å². The standard InChI is InChI=1S/C13H21N3O4/c1-2-14-11-5-3-6-12(13(11)16(18)19)15-7-4-9-20-10-8-17/h3,5-6,14-15,17H,2,4,7-10H2,1H3. The summed E-state index contributed by atoms with van der Waals surface area (Å²) < 4.78 is 5.12. The van der Waals surface area contributed by atoms with Gasteiger partial charge in [0.2, 0.25) is 0 Å². The lowest BCUT2D eigenvalue weighted by molar-refractivity contribution is -0.383. The van der Waals surface area contributed by atoms with Crippen LogP contribution in [0.15, 0.2) is 18.2 Å². The number of aliphatic hydroxyl groups excluding tert-OH is 1. The van der Waals surface area contributed by atoms with Crippen molar-refractivity contribution in [3.05, 3.63) is 28.3 Å². The number of para-hydroxylation sites is 1. The number of anilines is 2. The topological polar surface area (TPSA) is 96.7 Å². The number of hydrogen-bond donors (Lipinski definition) is 3. The van der Waals surface area contributed by atoms with Gasteiger partial charge in [-0.3, -0.25) is 10.1 Å². The van der Waals surface area contributed by atoms with Gasteiger partial charge in [0.05, 0.1) is 18.1 Å². The molecule has 0 unspecified atom stereocenters. The molecule has 1 aromatic carbocycles. The summed E-state index contributed by atoms with van der Waals surface area (Å²) in [4.78, 5) is 10.8. The Morgan fingerprint density at radius 2 is 2.00 bits per heavy atom. The van der Waals surface area contributed by atoms with Crippen molar-refractivity contribution in [3.8, 4) is 0 Å². The Morgan fingerprint density at radius 1 is 1.30 bits per heavy atom. The van der Waals surface area contributed by atoms with Gasteiger partial charge < -0.3 is 20.5 Å². The molecule has 0 aromatic heterocycles. The number of nitro groups is 1. The second kappa shape index (κ2) is 9.11. The van der Waals surface area contributed by atoms with Crippen molar-refractivity contribution in [3.63, 3.8) is 0 Å². The molecule has 0 aliphatic heterocycles. The van der Waals surface area contributed by atoms with Gasteiger partial charge >= 0.3 is 5.69 Å². The van der Waals surface area contributed by atoms with Gasteiger partial charge in [0.25, 0.3) is 0 Å². The van der Waals surface area contributed by atoms with Gasteiger partial charge in [-0.1, -0.05) is 6.07 Å². The molecule has 7 nitrogen and oxygen atoms in total. The number of aliphatic hydroxyl groups is 1. The lowest BCUT2D eigenvalue weighted by atomic mass is 10.2. The molecule has 3 N–H and O–H groups in total. The molecule has 0 bridgehead atoms. The first-order valence-electron chi connectivity index (χ1n) is 6.64. The first kappa shape index (κ1) is 16.2. The van der Waals surface area contributed by atoms with E-state index in [1.54, 1.807) is 18.2 Å². The molecular formula is C13H21N3O4. The van der Waals surface area contributed by atoms with Crippen LogP contribution in [0.25, 0.3) is 0 Å². The fourth-order valence-electron chi connectivity index (χ4n) is 1.78. The number of nitrogens with one attached hydrogen (secondary N) is 2. The number of ether oxygens (including phenoxy) is 1.